The Morgan fingerprint density at radius 2 is 1.47 bits per heavy atom. The second-order valence-electron chi connectivity index (χ2n) is 9.81. The van der Waals surface area contributed by atoms with Gasteiger partial charge in [0.2, 0.25) is 5.88 Å². The molecule has 9 nitrogen and oxygen atoms in total. The van der Waals surface area contributed by atoms with Crippen molar-refractivity contribution in [2.24, 2.45) is 0 Å². The van der Waals surface area contributed by atoms with Crippen molar-refractivity contribution in [2.45, 2.75) is 11.8 Å². The van der Waals surface area contributed by atoms with Crippen molar-refractivity contribution >= 4 is 27.4 Å². The van der Waals surface area contributed by atoms with Gasteiger partial charge in [0.05, 0.1) is 23.3 Å². The Balaban J connectivity index is 1.60. The number of ether oxygens (including phenoxy) is 2. The van der Waals surface area contributed by atoms with Crippen LogP contribution in [0.25, 0.3) is 28.1 Å². The zero-order chi connectivity index (χ0) is 30.7. The highest BCUT2D eigenvalue weighted by atomic mass is 32.2. The summed E-state index contributed by atoms with van der Waals surface area (Å²) in [5.74, 6) is -0.308. The monoisotopic (exact) mass is 600 g/mol. The van der Waals surface area contributed by atoms with Crippen LogP contribution in [-0.2, 0) is 14.8 Å². The molecular formula is C32H29FN4O5S. The largest absolute Gasteiger partial charge is 0.497 e. The number of sulfonamides is 1. The van der Waals surface area contributed by atoms with Gasteiger partial charge in [-0.2, -0.15) is 9.78 Å². The summed E-state index contributed by atoms with van der Waals surface area (Å²) in [6, 6.07) is 26.1. The summed E-state index contributed by atoms with van der Waals surface area (Å²) < 4.78 is 54.6. The first-order valence-electron chi connectivity index (χ1n) is 13.2. The van der Waals surface area contributed by atoms with E-state index >= 15 is 0 Å². The average molecular weight is 601 g/mol. The zero-order valence-electron chi connectivity index (χ0n) is 23.9. The molecular weight excluding hydrogens is 571 g/mol. The Labute approximate surface area is 249 Å². The maximum Gasteiger partial charge on any atom is 0.309 e. The highest BCUT2D eigenvalue weighted by Crippen LogP contribution is 2.41. The fourth-order valence-electron chi connectivity index (χ4n) is 4.44. The van der Waals surface area contributed by atoms with Gasteiger partial charge in [0.15, 0.2) is 0 Å². The summed E-state index contributed by atoms with van der Waals surface area (Å²) >= 11 is 0. The van der Waals surface area contributed by atoms with E-state index in [0.29, 0.717) is 33.9 Å². The van der Waals surface area contributed by atoms with E-state index in [0.717, 1.165) is 11.3 Å². The van der Waals surface area contributed by atoms with Gasteiger partial charge in [-0.25, -0.2) is 12.8 Å². The molecule has 0 radical (unpaired) electrons. The fourth-order valence-corrected chi connectivity index (χ4v) is 5.50. The van der Waals surface area contributed by atoms with Gasteiger partial charge in [0.1, 0.15) is 17.3 Å². The van der Waals surface area contributed by atoms with Crippen LogP contribution in [0.4, 0.5) is 15.8 Å². The predicted molar refractivity (Wildman–Crippen MR) is 164 cm³/mol. The lowest BCUT2D eigenvalue weighted by molar-refractivity contribution is -0.132. The number of aromatic nitrogens is 2. The smallest absolute Gasteiger partial charge is 0.309 e. The summed E-state index contributed by atoms with van der Waals surface area (Å²) in [4.78, 5) is 14.3. The number of halogens is 1. The van der Waals surface area contributed by atoms with Crippen LogP contribution in [0.2, 0.25) is 0 Å². The van der Waals surface area contributed by atoms with E-state index in [2.05, 4.69) is 4.72 Å². The molecule has 4 aromatic carbocycles. The number of anilines is 2. The van der Waals surface area contributed by atoms with E-state index in [1.807, 2.05) is 43.3 Å². The third-order valence-electron chi connectivity index (χ3n) is 6.61. The molecule has 220 valence electrons. The summed E-state index contributed by atoms with van der Waals surface area (Å²) in [7, 11) is 1.52. The van der Waals surface area contributed by atoms with Crippen LogP contribution in [0, 0.1) is 5.82 Å². The second-order valence-corrected chi connectivity index (χ2v) is 11.5. The molecule has 0 fully saturated rings. The zero-order valence-corrected chi connectivity index (χ0v) is 24.7. The Bertz CT molecular complexity index is 1850. The Kier molecular flexibility index (Phi) is 8.18. The number of carbonyl (C=O) groups is 1. The van der Waals surface area contributed by atoms with Crippen molar-refractivity contribution in [3.8, 4) is 39.7 Å². The predicted octanol–water partition coefficient (Wildman–Crippen LogP) is 6.15. The maximum absolute atomic E-state index is 13.8. The van der Waals surface area contributed by atoms with Gasteiger partial charge >= 0.3 is 5.97 Å². The third kappa shape index (κ3) is 6.36. The van der Waals surface area contributed by atoms with E-state index in [-0.39, 0.29) is 10.8 Å². The van der Waals surface area contributed by atoms with Crippen molar-refractivity contribution in [2.75, 3.05) is 30.8 Å². The summed E-state index contributed by atoms with van der Waals surface area (Å²) in [5.41, 5.74) is 4.18. The number of benzene rings is 4. The maximum atomic E-state index is 13.8. The lowest BCUT2D eigenvalue weighted by atomic mass is 10.0. The topological polar surface area (TPSA) is 103 Å². The SMILES string of the molecule is COc1ccc(S(=O)(=O)Nc2ccc(-c3c(-c4ccc(N(C)C)cc4)nn(-c4ccc(F)cc4)c3OC(C)=O)cc2)cc1. The van der Waals surface area contributed by atoms with E-state index in [1.165, 1.54) is 55.1 Å². The number of hydrogen-bond acceptors (Lipinski definition) is 7. The van der Waals surface area contributed by atoms with Gasteiger partial charge in [-0.1, -0.05) is 24.3 Å². The molecule has 0 bridgehead atoms. The molecule has 1 aromatic heterocycles. The van der Waals surface area contributed by atoms with Gasteiger partial charge in [-0.3, -0.25) is 9.52 Å². The first kappa shape index (κ1) is 29.3. The summed E-state index contributed by atoms with van der Waals surface area (Å²) in [6.45, 7) is 1.29. The number of nitrogens with zero attached hydrogens (tertiary/aromatic N) is 3. The molecule has 0 amide bonds. The van der Waals surface area contributed by atoms with Crippen molar-refractivity contribution in [1.82, 2.24) is 9.78 Å². The Morgan fingerprint density at radius 1 is 0.860 bits per heavy atom. The van der Waals surface area contributed by atoms with E-state index < -0.39 is 21.8 Å². The first-order valence-corrected chi connectivity index (χ1v) is 14.7. The lowest BCUT2D eigenvalue weighted by Gasteiger charge is -2.13. The lowest BCUT2D eigenvalue weighted by Crippen LogP contribution is -2.12. The van der Waals surface area contributed by atoms with Crippen molar-refractivity contribution < 1.29 is 27.1 Å². The van der Waals surface area contributed by atoms with Gasteiger partial charge in [0.25, 0.3) is 10.0 Å². The highest BCUT2D eigenvalue weighted by Gasteiger charge is 2.25. The molecule has 43 heavy (non-hydrogen) atoms. The number of methoxy groups -OCH3 is 1. The molecule has 0 aliphatic carbocycles. The van der Waals surface area contributed by atoms with E-state index in [9.17, 15) is 17.6 Å². The minimum Gasteiger partial charge on any atom is -0.497 e. The fraction of sp³-hybridized carbons (Fsp3) is 0.125. The molecule has 0 aliphatic rings. The van der Waals surface area contributed by atoms with Crippen LogP contribution in [0.1, 0.15) is 6.92 Å². The molecule has 0 saturated heterocycles. The number of carbonyl (C=O) groups excluding carboxylic acids is 1. The molecule has 1 heterocycles. The number of esters is 1. The van der Waals surface area contributed by atoms with Gasteiger partial charge in [-0.05, 0) is 78.4 Å². The van der Waals surface area contributed by atoms with Crippen LogP contribution < -0.4 is 19.1 Å². The molecule has 0 unspecified atom stereocenters. The van der Waals surface area contributed by atoms with Gasteiger partial charge < -0.3 is 14.4 Å². The normalized spacial score (nSPS) is 11.2. The summed E-state index contributed by atoms with van der Waals surface area (Å²) in [6.07, 6.45) is 0. The third-order valence-corrected chi connectivity index (χ3v) is 8.00. The number of rotatable bonds is 9. The van der Waals surface area contributed by atoms with Crippen molar-refractivity contribution in [3.63, 3.8) is 0 Å². The van der Waals surface area contributed by atoms with E-state index in [1.54, 1.807) is 36.4 Å². The minimum absolute atomic E-state index is 0.0820. The van der Waals surface area contributed by atoms with Crippen LogP contribution in [-0.4, -0.2) is 45.4 Å². The standard InChI is InChI=1S/C32H29FN4O5S/c1-21(38)42-32-30(22-5-11-25(12-6-22)35-43(39,40)29-19-17-28(41-4)18-20-29)31(23-7-13-26(14-8-23)36(2)3)34-37(32)27-15-9-24(33)10-16-27/h5-20,35H,1-4H3. The second kappa shape index (κ2) is 12.0. The molecule has 0 aliphatic heterocycles. The van der Waals surface area contributed by atoms with Crippen molar-refractivity contribution in [1.29, 1.82) is 0 Å². The number of hydrogen-bond donors (Lipinski definition) is 1. The van der Waals surface area contributed by atoms with Gasteiger partial charge in [-0.15, -0.1) is 0 Å². The minimum atomic E-state index is -3.86. The Hall–Kier alpha value is -5.16. The number of nitrogens with one attached hydrogen (secondary N) is 1. The quantitative estimate of drug-likeness (QED) is 0.203. The molecule has 0 saturated carbocycles. The average Bonchev–Trinajstić information content (AvgIpc) is 3.36. The van der Waals surface area contributed by atoms with Crippen molar-refractivity contribution in [3.05, 3.63) is 103 Å². The molecule has 1 N–H and O–H groups in total. The summed E-state index contributed by atoms with van der Waals surface area (Å²) in [5, 5.41) is 4.80. The van der Waals surface area contributed by atoms with E-state index in [4.69, 9.17) is 14.6 Å². The molecule has 5 aromatic rings. The van der Waals surface area contributed by atoms with Crippen LogP contribution in [0.5, 0.6) is 11.6 Å². The molecule has 5 rings (SSSR count). The van der Waals surface area contributed by atoms with Gasteiger partial charge in [0, 0.05) is 38.0 Å². The first-order chi connectivity index (χ1) is 20.6. The Morgan fingerprint density at radius 3 is 2.02 bits per heavy atom. The molecule has 0 atom stereocenters. The highest BCUT2D eigenvalue weighted by molar-refractivity contribution is 7.92. The molecule has 11 heteroatoms. The molecule has 0 spiro atoms. The van der Waals surface area contributed by atoms with Crippen LogP contribution in [0.15, 0.2) is 102 Å². The van der Waals surface area contributed by atoms with Crippen LogP contribution >= 0.6 is 0 Å². The van der Waals surface area contributed by atoms with Crippen LogP contribution in [0.3, 0.4) is 0 Å².